The Bertz CT molecular complexity index is 743. The summed E-state index contributed by atoms with van der Waals surface area (Å²) >= 11 is 0. The van der Waals surface area contributed by atoms with Gasteiger partial charge in [-0.25, -0.2) is 26.3 Å². The highest BCUT2D eigenvalue weighted by Crippen LogP contribution is 2.37. The smallest absolute Gasteiger partial charge is 0.204 e. The fraction of sp³-hybridized carbons (Fsp3) is 0.0769. The normalized spacial score (nSPS) is 11.0. The van der Waals surface area contributed by atoms with Crippen LogP contribution in [0.5, 0.6) is 5.75 Å². The van der Waals surface area contributed by atoms with Crippen molar-refractivity contribution in [3.63, 3.8) is 0 Å². The number of ether oxygens (including phenoxy) is 1. The van der Waals surface area contributed by atoms with Crippen molar-refractivity contribution in [2.45, 2.75) is 0 Å². The van der Waals surface area contributed by atoms with Crippen molar-refractivity contribution in [2.24, 2.45) is 0 Å². The molecule has 0 saturated heterocycles. The lowest BCUT2D eigenvalue weighted by Gasteiger charge is -2.12. The monoisotopic (exact) mass is 327 g/mol. The van der Waals surface area contributed by atoms with Gasteiger partial charge in [-0.05, 0) is 0 Å². The zero-order valence-corrected chi connectivity index (χ0v) is 10.4. The largest absolute Gasteiger partial charge is 0.491 e. The number of hydrogen-bond donors (Lipinski definition) is 0. The fourth-order valence-corrected chi connectivity index (χ4v) is 1.70. The van der Waals surface area contributed by atoms with Crippen LogP contribution < -0.4 is 4.74 Å². The summed E-state index contributed by atoms with van der Waals surface area (Å²) in [7, 11) is 0.698. The lowest BCUT2D eigenvalue weighted by molar-refractivity contribution is 0.333. The minimum absolute atomic E-state index is 0.698. The Morgan fingerprint density at radius 3 is 1.59 bits per heavy atom. The number of rotatable bonds is 2. The molecule has 0 amide bonds. The first-order valence-electron chi connectivity index (χ1n) is 5.37. The minimum Gasteiger partial charge on any atom is -0.491 e. The van der Waals surface area contributed by atoms with Crippen molar-refractivity contribution in [2.75, 3.05) is 7.11 Å². The molecule has 0 saturated carbocycles. The molecule has 0 aliphatic carbocycles. The van der Waals surface area contributed by atoms with Gasteiger partial charge in [0.15, 0.2) is 40.7 Å². The molecule has 9 heteroatoms. The lowest BCUT2D eigenvalue weighted by Crippen LogP contribution is -2.07. The second kappa shape index (κ2) is 5.47. The van der Waals surface area contributed by atoms with Crippen LogP contribution in [0.2, 0.25) is 0 Å². The summed E-state index contributed by atoms with van der Waals surface area (Å²) in [6.45, 7) is 0. The molecule has 0 unspecified atom stereocenters. The molecule has 1 nitrogen and oxygen atoms in total. The van der Waals surface area contributed by atoms with Crippen LogP contribution in [0.25, 0.3) is 11.1 Å². The predicted octanol–water partition coefficient (Wildman–Crippen LogP) is 4.28. The number of hydrogen-bond acceptors (Lipinski definition) is 1. The molecule has 0 heterocycles. The van der Waals surface area contributed by atoms with Gasteiger partial charge in [0.25, 0.3) is 0 Å². The topological polar surface area (TPSA) is 9.23 Å². The van der Waals surface area contributed by atoms with Crippen LogP contribution in [0, 0.1) is 52.6 Å². The molecule has 2 rings (SSSR count). The number of methoxy groups -OCH3 is 1. The first-order valence-corrected chi connectivity index (χ1v) is 5.37. The van der Waals surface area contributed by atoms with E-state index in [9.17, 15) is 35.1 Å². The van der Waals surface area contributed by atoms with Crippen LogP contribution in [0.1, 0.15) is 0 Å². The van der Waals surface area contributed by atoms with Gasteiger partial charge in [-0.3, -0.25) is 0 Å². The average molecular weight is 327 g/mol. The molecule has 0 bridgehead atoms. The molecule has 0 aliphatic rings. The van der Waals surface area contributed by atoms with E-state index in [-0.39, 0.29) is 0 Å². The SMILES string of the molecule is COc1c(F)c(F)c(-c2[c]c(F)c(F)c(F)c2F)c(F)c1F. The van der Waals surface area contributed by atoms with Crippen LogP contribution in [0.4, 0.5) is 35.1 Å². The van der Waals surface area contributed by atoms with Crippen molar-refractivity contribution < 1.29 is 39.9 Å². The lowest BCUT2D eigenvalue weighted by atomic mass is 10.0. The fourth-order valence-electron chi connectivity index (χ4n) is 1.70. The van der Waals surface area contributed by atoms with Crippen molar-refractivity contribution in [3.05, 3.63) is 52.6 Å². The Balaban J connectivity index is 2.91. The highest BCUT2D eigenvalue weighted by atomic mass is 19.2. The summed E-state index contributed by atoms with van der Waals surface area (Å²) in [6.07, 6.45) is 0. The molecule has 0 atom stereocenters. The van der Waals surface area contributed by atoms with Gasteiger partial charge in [-0.1, -0.05) is 0 Å². The van der Waals surface area contributed by atoms with Gasteiger partial charge in [-0.15, -0.1) is 0 Å². The van der Waals surface area contributed by atoms with Crippen molar-refractivity contribution in [3.8, 4) is 16.9 Å². The molecular weight excluding hydrogens is 324 g/mol. The summed E-state index contributed by atoms with van der Waals surface area (Å²) in [6, 6.07) is 1.16. The molecule has 22 heavy (non-hydrogen) atoms. The maximum Gasteiger partial charge on any atom is 0.204 e. The van der Waals surface area contributed by atoms with Crippen LogP contribution in [-0.2, 0) is 0 Å². The Labute approximate surface area is 117 Å². The molecule has 0 fully saturated rings. The maximum atomic E-state index is 13.7. The third-order valence-corrected chi connectivity index (χ3v) is 2.71. The number of benzene rings is 2. The number of halogens is 8. The van der Waals surface area contributed by atoms with Gasteiger partial charge >= 0.3 is 0 Å². The predicted molar refractivity (Wildman–Crippen MR) is 56.9 cm³/mol. The van der Waals surface area contributed by atoms with Gasteiger partial charge in [0.1, 0.15) is 0 Å². The van der Waals surface area contributed by atoms with Gasteiger partial charge in [0.05, 0.1) is 12.7 Å². The molecule has 0 aliphatic heterocycles. The summed E-state index contributed by atoms with van der Waals surface area (Å²) in [5, 5.41) is 0. The van der Waals surface area contributed by atoms with Gasteiger partial charge < -0.3 is 4.74 Å². The van der Waals surface area contributed by atoms with Gasteiger partial charge in [0.2, 0.25) is 11.6 Å². The average Bonchev–Trinajstić information content (AvgIpc) is 2.49. The van der Waals surface area contributed by atoms with E-state index in [0.29, 0.717) is 7.11 Å². The molecule has 2 aromatic carbocycles. The van der Waals surface area contributed by atoms with Crippen molar-refractivity contribution in [1.82, 2.24) is 0 Å². The summed E-state index contributed by atoms with van der Waals surface area (Å²) in [5.41, 5.74) is -3.43. The molecule has 0 N–H and O–H groups in total. The van der Waals surface area contributed by atoms with Gasteiger partial charge in [0, 0.05) is 11.6 Å². The van der Waals surface area contributed by atoms with E-state index in [1.807, 2.05) is 0 Å². The molecule has 1 radical (unpaired) electrons. The van der Waals surface area contributed by atoms with E-state index in [2.05, 4.69) is 4.74 Å². The molecule has 2 aromatic rings. The molecular formula is C13H3F8O. The van der Waals surface area contributed by atoms with E-state index in [1.54, 1.807) is 0 Å². The third kappa shape index (κ3) is 2.16. The van der Waals surface area contributed by atoms with E-state index in [1.165, 1.54) is 0 Å². The summed E-state index contributed by atoms with van der Waals surface area (Å²) < 4.78 is 111. The highest BCUT2D eigenvalue weighted by Gasteiger charge is 2.31. The molecule has 0 spiro atoms. The third-order valence-electron chi connectivity index (χ3n) is 2.71. The Morgan fingerprint density at radius 2 is 1.14 bits per heavy atom. The zero-order chi connectivity index (χ0) is 16.8. The summed E-state index contributed by atoms with van der Waals surface area (Å²) in [4.78, 5) is 0. The minimum atomic E-state index is -2.42. The molecule has 117 valence electrons. The molecule has 0 aromatic heterocycles. The van der Waals surface area contributed by atoms with Gasteiger partial charge in [-0.2, -0.15) is 8.78 Å². The zero-order valence-electron chi connectivity index (χ0n) is 10.4. The summed E-state index contributed by atoms with van der Waals surface area (Å²) in [5.74, 6) is -19.0. The van der Waals surface area contributed by atoms with Crippen LogP contribution in [0.3, 0.4) is 0 Å². The van der Waals surface area contributed by atoms with E-state index >= 15 is 0 Å². The Kier molecular flexibility index (Phi) is 3.99. The first-order chi connectivity index (χ1) is 10.2. The Hall–Kier alpha value is -2.32. The first kappa shape index (κ1) is 16.1. The Morgan fingerprint density at radius 1 is 0.636 bits per heavy atom. The quantitative estimate of drug-likeness (QED) is 0.455. The van der Waals surface area contributed by atoms with E-state index in [4.69, 9.17) is 0 Å². The maximum absolute atomic E-state index is 13.7. The van der Waals surface area contributed by atoms with Crippen LogP contribution in [-0.4, -0.2) is 7.11 Å². The van der Waals surface area contributed by atoms with Crippen LogP contribution in [0.15, 0.2) is 0 Å². The van der Waals surface area contributed by atoms with Crippen molar-refractivity contribution in [1.29, 1.82) is 0 Å². The van der Waals surface area contributed by atoms with E-state index in [0.717, 1.165) is 6.07 Å². The second-order valence-electron chi connectivity index (χ2n) is 3.92. The standard InChI is InChI=1S/C13H3F8O/c1-22-13-11(20)8(17)5(9(18)12(13)21)3-2-4(14)7(16)10(19)6(3)15/h1H3. The van der Waals surface area contributed by atoms with Crippen molar-refractivity contribution >= 4 is 0 Å². The highest BCUT2D eigenvalue weighted by molar-refractivity contribution is 5.67. The van der Waals surface area contributed by atoms with E-state index < -0.39 is 63.4 Å². The van der Waals surface area contributed by atoms with Crippen LogP contribution >= 0.6 is 0 Å². The second-order valence-corrected chi connectivity index (χ2v) is 3.92.